The number of nitrogens with one attached hydrogen (secondary N) is 5. The molecule has 0 unspecified atom stereocenters. The van der Waals surface area contributed by atoms with E-state index in [0.717, 1.165) is 48.0 Å². The van der Waals surface area contributed by atoms with Crippen LogP contribution in [0.1, 0.15) is 126 Å². The van der Waals surface area contributed by atoms with Crippen LogP contribution in [-0.2, 0) is 52.4 Å². The largest absolute Gasteiger partial charge is 0.379 e. The van der Waals surface area contributed by atoms with Gasteiger partial charge in [0.1, 0.15) is 6.04 Å². The van der Waals surface area contributed by atoms with Gasteiger partial charge in [-0.2, -0.15) is 0 Å². The maximum absolute atomic E-state index is 13.4. The van der Waals surface area contributed by atoms with E-state index < -0.39 is 6.04 Å². The van der Waals surface area contributed by atoms with Crippen LogP contribution in [0.15, 0.2) is 130 Å². The molecule has 1 atom stereocenters. The Bertz CT molecular complexity index is 2260. The van der Waals surface area contributed by atoms with Crippen LogP contribution in [0.4, 0.5) is 0 Å². The number of carbonyl (C=O) groups excluding carboxylic acids is 5. The zero-order chi connectivity index (χ0) is 58.8. The minimum absolute atomic E-state index is 0.0634. The van der Waals surface area contributed by atoms with Crippen LogP contribution in [0.25, 0.3) is 0 Å². The van der Waals surface area contributed by atoms with Gasteiger partial charge in [0.15, 0.2) is 0 Å². The summed E-state index contributed by atoms with van der Waals surface area (Å²) in [5.74, 6) is -1.12. The molecule has 2 aliphatic carbocycles. The number of hydrogen-bond donors (Lipinski definition) is 5. The van der Waals surface area contributed by atoms with Crippen LogP contribution in [-0.4, -0.2) is 142 Å². The van der Waals surface area contributed by atoms with Crippen LogP contribution in [0.3, 0.4) is 0 Å². The molecular weight excluding hydrogens is 1010 g/mol. The number of unbranched alkanes of at least 4 members (excludes halogenated alkanes) is 1. The molecule has 5 N–H and O–H groups in total. The van der Waals surface area contributed by atoms with Crippen molar-refractivity contribution in [2.45, 2.75) is 132 Å². The topological polar surface area (TPSA) is 201 Å². The fourth-order valence-electron chi connectivity index (χ4n) is 8.64. The molecule has 16 nitrogen and oxygen atoms in total. The molecule has 80 heavy (non-hydrogen) atoms. The second-order valence-electron chi connectivity index (χ2n) is 20.9. The Labute approximate surface area is 479 Å². The SMILES string of the molecule is C=C1CCCC(C)=C1/C=C/C(C)=C/C=C/C(C)=C/C(=O)N[C@H](CCCCNC(=O)/C=C(C)/C=C/C=C(C)/C=C/C1=C(C)CCCC1(C)C)C(=O)NCCOCCOCCNC(=O)CCOCCOCCOCCOCCC(=O)NC. The number of hydrogen-bond acceptors (Lipinski definition) is 11. The predicted molar refractivity (Wildman–Crippen MR) is 321 cm³/mol. The molecule has 0 heterocycles. The zero-order valence-electron chi connectivity index (χ0n) is 50.1. The Morgan fingerprint density at radius 2 is 1.07 bits per heavy atom. The van der Waals surface area contributed by atoms with E-state index in [1.165, 1.54) is 46.8 Å². The van der Waals surface area contributed by atoms with Gasteiger partial charge in [-0.05, 0) is 133 Å². The smallest absolute Gasteiger partial charge is 0.244 e. The average molecular weight is 1110 g/mol. The number of ether oxygens (including phenoxy) is 6. The fraction of sp³-hybridized carbons (Fsp3) is 0.578. The van der Waals surface area contributed by atoms with Crippen molar-refractivity contribution in [2.75, 3.05) is 106 Å². The molecule has 0 spiro atoms. The lowest BCUT2D eigenvalue weighted by molar-refractivity contribution is -0.127. The third kappa shape index (κ3) is 34.4. The van der Waals surface area contributed by atoms with Crippen molar-refractivity contribution in [1.82, 2.24) is 26.6 Å². The second-order valence-corrected chi connectivity index (χ2v) is 20.9. The zero-order valence-corrected chi connectivity index (χ0v) is 50.1. The molecule has 0 aliphatic heterocycles. The predicted octanol–water partition coefficient (Wildman–Crippen LogP) is 9.21. The highest BCUT2D eigenvalue weighted by molar-refractivity contribution is 5.93. The van der Waals surface area contributed by atoms with Crippen LogP contribution in [0, 0.1) is 5.41 Å². The van der Waals surface area contributed by atoms with Gasteiger partial charge < -0.3 is 55.0 Å². The Hall–Kier alpha value is -5.75. The molecule has 0 saturated carbocycles. The summed E-state index contributed by atoms with van der Waals surface area (Å²) in [6.07, 6.45) is 32.3. The van der Waals surface area contributed by atoms with Crippen molar-refractivity contribution in [1.29, 1.82) is 0 Å². The maximum Gasteiger partial charge on any atom is 0.244 e. The highest BCUT2D eigenvalue weighted by Crippen LogP contribution is 2.40. The standard InChI is InChI=1S/C64H99N5O11/c1-49(25-27-56-53(5)21-15-22-54(56)6)17-13-20-52(4)48-62(73)69-58(24-11-12-32-66-61(72)47-51(3)19-14-18-50(2)26-28-57-55(7)23-16-31-64(57,8)9)63(74)68-34-38-78-42-41-77-37-33-67-60(71)30-36-76-40-44-80-46-45-79-43-39-75-35-29-59(70)65-10/h13-14,17-20,25-28,47-48,58H,5,11-12,15-16,21-24,29-46H2,1-4,6-10H3,(H,65,70)(H,66,72)(H,67,71)(H,68,74)(H,69,73)/b19-14+,20-13+,27-25+,28-26+,49-17+,50-18+,51-47+,52-48+/t58-/m1/s1. The van der Waals surface area contributed by atoms with Gasteiger partial charge in [0.2, 0.25) is 29.5 Å². The minimum atomic E-state index is -0.805. The normalized spacial score (nSPS) is 16.1. The van der Waals surface area contributed by atoms with Crippen molar-refractivity contribution < 1.29 is 52.4 Å². The Morgan fingerprint density at radius 1 is 0.562 bits per heavy atom. The molecule has 0 saturated heterocycles. The molecular formula is C64H99N5O11. The van der Waals surface area contributed by atoms with Crippen molar-refractivity contribution >= 4 is 29.5 Å². The number of rotatable bonds is 41. The van der Waals surface area contributed by atoms with Gasteiger partial charge in [-0.15, -0.1) is 0 Å². The minimum Gasteiger partial charge on any atom is -0.379 e. The number of allylic oxidation sites excluding steroid dienone is 19. The van der Waals surface area contributed by atoms with Gasteiger partial charge in [0, 0.05) is 51.7 Å². The van der Waals surface area contributed by atoms with Gasteiger partial charge in [-0.3, -0.25) is 24.0 Å². The molecule has 16 heteroatoms. The molecule has 0 bridgehead atoms. The van der Waals surface area contributed by atoms with Gasteiger partial charge >= 0.3 is 0 Å². The van der Waals surface area contributed by atoms with E-state index in [4.69, 9.17) is 28.4 Å². The monoisotopic (exact) mass is 1110 g/mol. The van der Waals surface area contributed by atoms with Crippen LogP contribution >= 0.6 is 0 Å². The van der Waals surface area contributed by atoms with E-state index in [9.17, 15) is 24.0 Å². The molecule has 0 fully saturated rings. The molecule has 0 aromatic rings. The first-order valence-corrected chi connectivity index (χ1v) is 28.7. The van der Waals surface area contributed by atoms with Crippen molar-refractivity contribution in [3.05, 3.63) is 130 Å². The molecule has 0 aromatic carbocycles. The lowest BCUT2D eigenvalue weighted by atomic mass is 9.72. The lowest BCUT2D eigenvalue weighted by Gasteiger charge is -2.32. The van der Waals surface area contributed by atoms with E-state index in [1.54, 1.807) is 13.1 Å². The van der Waals surface area contributed by atoms with E-state index in [1.807, 2.05) is 57.2 Å². The summed E-state index contributed by atoms with van der Waals surface area (Å²) in [6.45, 7) is 26.2. The van der Waals surface area contributed by atoms with Crippen LogP contribution in [0.5, 0.6) is 0 Å². The summed E-state index contributed by atoms with van der Waals surface area (Å²) >= 11 is 0. The van der Waals surface area contributed by atoms with Crippen molar-refractivity contribution in [3.8, 4) is 0 Å². The molecule has 2 rings (SSSR count). The quantitative estimate of drug-likeness (QED) is 0.0222. The summed E-state index contributed by atoms with van der Waals surface area (Å²) in [5.41, 5.74) is 10.6. The molecule has 0 aromatic heterocycles. The van der Waals surface area contributed by atoms with Gasteiger partial charge in [0.25, 0.3) is 0 Å². The summed E-state index contributed by atoms with van der Waals surface area (Å²) in [7, 11) is 1.59. The highest BCUT2D eigenvalue weighted by Gasteiger charge is 2.26. The summed E-state index contributed by atoms with van der Waals surface area (Å²) in [4.78, 5) is 62.7. The van der Waals surface area contributed by atoms with E-state index >= 15 is 0 Å². The third-order valence-corrected chi connectivity index (χ3v) is 13.3. The van der Waals surface area contributed by atoms with E-state index in [-0.39, 0.29) is 61.1 Å². The first-order valence-electron chi connectivity index (χ1n) is 28.7. The molecule has 2 aliphatic rings. The van der Waals surface area contributed by atoms with Gasteiger partial charge in [0.05, 0.1) is 79.3 Å². The van der Waals surface area contributed by atoms with Gasteiger partial charge in [-0.25, -0.2) is 0 Å². The first kappa shape index (κ1) is 70.4. The Kier molecular flexibility index (Phi) is 37.9. The summed E-state index contributed by atoms with van der Waals surface area (Å²) in [6, 6.07) is -0.805. The van der Waals surface area contributed by atoms with E-state index in [0.29, 0.717) is 105 Å². The number of amides is 5. The Morgan fingerprint density at radius 3 is 1.64 bits per heavy atom. The molecule has 446 valence electrons. The average Bonchev–Trinajstić information content (AvgIpc) is 3.45. The molecule has 5 amide bonds. The third-order valence-electron chi connectivity index (χ3n) is 13.3. The fourth-order valence-corrected chi connectivity index (χ4v) is 8.64. The summed E-state index contributed by atoms with van der Waals surface area (Å²) < 4.78 is 32.9. The Balaban J connectivity index is 1.76. The van der Waals surface area contributed by atoms with Crippen molar-refractivity contribution in [3.63, 3.8) is 0 Å². The lowest BCUT2D eigenvalue weighted by Crippen LogP contribution is -2.47. The van der Waals surface area contributed by atoms with E-state index in [2.05, 4.69) is 92.1 Å². The van der Waals surface area contributed by atoms with Crippen molar-refractivity contribution in [2.24, 2.45) is 5.41 Å². The maximum atomic E-state index is 13.4. The van der Waals surface area contributed by atoms with Gasteiger partial charge in [-0.1, -0.05) is 103 Å². The second kappa shape index (κ2) is 43.0. The molecule has 0 radical (unpaired) electrons. The summed E-state index contributed by atoms with van der Waals surface area (Å²) in [5, 5.41) is 14.0. The van der Waals surface area contributed by atoms with Crippen LogP contribution < -0.4 is 26.6 Å². The van der Waals surface area contributed by atoms with Crippen LogP contribution in [0.2, 0.25) is 0 Å². The first-order chi connectivity index (χ1) is 38.4. The highest BCUT2D eigenvalue weighted by atomic mass is 16.6. The number of carbonyl (C=O) groups is 5.